The van der Waals surface area contributed by atoms with E-state index in [1.54, 1.807) is 18.2 Å². The number of thioether (sulfide) groups is 1. The van der Waals surface area contributed by atoms with E-state index in [-0.39, 0.29) is 17.1 Å². The van der Waals surface area contributed by atoms with Gasteiger partial charge in [0.25, 0.3) is 11.1 Å². The van der Waals surface area contributed by atoms with E-state index in [1.807, 2.05) is 63.2 Å². The molecule has 180 valence electrons. The van der Waals surface area contributed by atoms with Gasteiger partial charge in [0.15, 0.2) is 0 Å². The first-order valence-electron chi connectivity index (χ1n) is 11.5. The van der Waals surface area contributed by atoms with Crippen molar-refractivity contribution in [1.82, 2.24) is 9.47 Å². The highest BCUT2D eigenvalue weighted by Crippen LogP contribution is 2.34. The van der Waals surface area contributed by atoms with Crippen molar-refractivity contribution in [1.29, 1.82) is 0 Å². The molecule has 1 aliphatic rings. The summed E-state index contributed by atoms with van der Waals surface area (Å²) in [4.78, 5) is 39.2. The van der Waals surface area contributed by atoms with E-state index < -0.39 is 0 Å². The minimum absolute atomic E-state index is 0.225. The van der Waals surface area contributed by atoms with Crippen LogP contribution in [0.25, 0.3) is 11.8 Å². The summed E-state index contributed by atoms with van der Waals surface area (Å²) in [7, 11) is 1.36. The van der Waals surface area contributed by atoms with Gasteiger partial charge in [-0.05, 0) is 92.4 Å². The molecule has 0 saturated carbocycles. The predicted molar refractivity (Wildman–Crippen MR) is 139 cm³/mol. The Morgan fingerprint density at radius 1 is 1.03 bits per heavy atom. The lowest BCUT2D eigenvalue weighted by molar-refractivity contribution is -0.122. The Morgan fingerprint density at radius 3 is 2.46 bits per heavy atom. The summed E-state index contributed by atoms with van der Waals surface area (Å²) >= 11 is 0.991. The molecule has 35 heavy (non-hydrogen) atoms. The van der Waals surface area contributed by atoms with Crippen LogP contribution in [0.4, 0.5) is 4.79 Å². The number of hydrogen-bond donors (Lipinski definition) is 0. The highest BCUT2D eigenvalue weighted by Gasteiger charge is 2.34. The lowest BCUT2D eigenvalue weighted by Crippen LogP contribution is -2.29. The van der Waals surface area contributed by atoms with E-state index >= 15 is 0 Å². The molecule has 4 rings (SSSR count). The van der Waals surface area contributed by atoms with E-state index in [0.29, 0.717) is 17.0 Å². The Hall–Kier alpha value is -3.58. The zero-order chi connectivity index (χ0) is 25.1. The second-order valence-corrected chi connectivity index (χ2v) is 9.57. The van der Waals surface area contributed by atoms with Gasteiger partial charge >= 0.3 is 5.97 Å². The Bertz CT molecular complexity index is 1320. The largest absolute Gasteiger partial charge is 0.465 e. The van der Waals surface area contributed by atoms with Crippen LogP contribution >= 0.6 is 11.8 Å². The second-order valence-electron chi connectivity index (χ2n) is 8.58. The van der Waals surface area contributed by atoms with Gasteiger partial charge in [0.1, 0.15) is 0 Å². The van der Waals surface area contributed by atoms with Gasteiger partial charge in [0.2, 0.25) is 0 Å². The van der Waals surface area contributed by atoms with E-state index in [4.69, 9.17) is 4.74 Å². The number of esters is 1. The first-order valence-corrected chi connectivity index (χ1v) is 12.3. The van der Waals surface area contributed by atoms with E-state index in [1.165, 1.54) is 17.6 Å². The van der Waals surface area contributed by atoms with Crippen LogP contribution in [-0.2, 0) is 16.0 Å². The van der Waals surface area contributed by atoms with Crippen molar-refractivity contribution in [2.24, 2.45) is 0 Å². The summed E-state index contributed by atoms with van der Waals surface area (Å²) in [5, 5.41) is -0.225. The summed E-state index contributed by atoms with van der Waals surface area (Å²) in [5.74, 6) is -0.614. The first-order chi connectivity index (χ1) is 16.8. The van der Waals surface area contributed by atoms with Gasteiger partial charge in [-0.1, -0.05) is 30.3 Å². The maximum Gasteiger partial charge on any atom is 0.337 e. The number of methoxy groups -OCH3 is 1. The number of rotatable bonds is 7. The van der Waals surface area contributed by atoms with Crippen LogP contribution in [-0.4, -0.2) is 40.2 Å². The van der Waals surface area contributed by atoms with Crippen molar-refractivity contribution in [3.63, 3.8) is 0 Å². The van der Waals surface area contributed by atoms with Gasteiger partial charge in [-0.2, -0.15) is 0 Å². The van der Waals surface area contributed by atoms with Gasteiger partial charge < -0.3 is 9.30 Å². The third kappa shape index (κ3) is 5.10. The van der Waals surface area contributed by atoms with Gasteiger partial charge in [0, 0.05) is 23.6 Å². The molecule has 1 fully saturated rings. The van der Waals surface area contributed by atoms with Crippen molar-refractivity contribution < 1.29 is 19.1 Å². The molecule has 1 aromatic heterocycles. The third-order valence-electron chi connectivity index (χ3n) is 6.18. The molecule has 2 amide bonds. The number of ether oxygens (including phenoxy) is 1. The quantitative estimate of drug-likeness (QED) is 0.308. The van der Waals surface area contributed by atoms with Gasteiger partial charge in [-0.25, -0.2) is 4.79 Å². The number of carbonyl (C=O) groups is 3. The number of amides is 2. The monoisotopic (exact) mass is 488 g/mol. The Balaban J connectivity index is 1.53. The van der Waals surface area contributed by atoms with Gasteiger partial charge in [0.05, 0.1) is 17.6 Å². The minimum Gasteiger partial charge on any atom is -0.465 e. The lowest BCUT2D eigenvalue weighted by Gasteiger charge is -2.14. The molecule has 3 aromatic rings. The number of nitrogens with zero attached hydrogens (tertiary/aromatic N) is 2. The third-order valence-corrected chi connectivity index (χ3v) is 7.09. The van der Waals surface area contributed by atoms with Crippen LogP contribution in [0.5, 0.6) is 0 Å². The zero-order valence-electron chi connectivity index (χ0n) is 20.3. The molecule has 1 aliphatic heterocycles. The normalized spacial score (nSPS) is 14.7. The lowest BCUT2D eigenvalue weighted by atomic mass is 10.1. The van der Waals surface area contributed by atoms with Crippen LogP contribution < -0.4 is 0 Å². The molecule has 7 heteroatoms. The van der Waals surface area contributed by atoms with Crippen molar-refractivity contribution in [3.05, 3.63) is 93.1 Å². The summed E-state index contributed by atoms with van der Waals surface area (Å²) in [6, 6.07) is 17.5. The molecule has 2 heterocycles. The molecule has 0 unspecified atom stereocenters. The van der Waals surface area contributed by atoms with Crippen LogP contribution in [0, 0.1) is 20.8 Å². The van der Waals surface area contributed by atoms with Gasteiger partial charge in [-0.15, -0.1) is 0 Å². The molecule has 1 saturated heterocycles. The van der Waals surface area contributed by atoms with Crippen LogP contribution in [0.3, 0.4) is 0 Å². The standard InChI is InChI=1S/C28H28N2O4S/c1-18-15-22(27(32)34-4)12-13-24(18)30-19(2)16-23(20(30)3)17-25-26(31)29(28(33)35-25)14-8-11-21-9-6-5-7-10-21/h5-7,9-10,12-13,15-17H,8,11,14H2,1-4H3/b25-17+. The molecule has 0 radical (unpaired) electrons. The number of hydrogen-bond acceptors (Lipinski definition) is 5. The molecule has 0 bridgehead atoms. The van der Waals surface area contributed by atoms with E-state index in [2.05, 4.69) is 4.57 Å². The fourth-order valence-corrected chi connectivity index (χ4v) is 5.23. The molecule has 2 aromatic carbocycles. The SMILES string of the molecule is COC(=O)c1ccc(-n2c(C)cc(/C=C3/SC(=O)N(CCCc4ccccc4)C3=O)c2C)c(C)c1. The Labute approximate surface area is 209 Å². The van der Waals surface area contributed by atoms with Gasteiger partial charge in [-0.3, -0.25) is 14.5 Å². The minimum atomic E-state index is -0.374. The topological polar surface area (TPSA) is 68.6 Å². The van der Waals surface area contributed by atoms with Crippen LogP contribution in [0.15, 0.2) is 59.5 Å². The first kappa shape index (κ1) is 24.5. The maximum atomic E-state index is 13.0. The van der Waals surface area contributed by atoms with Crippen LogP contribution in [0.1, 0.15) is 44.9 Å². The molecule has 0 atom stereocenters. The molecule has 6 nitrogen and oxygen atoms in total. The number of carbonyl (C=O) groups excluding carboxylic acids is 3. The molecule has 0 aliphatic carbocycles. The fraction of sp³-hybridized carbons (Fsp3) is 0.250. The fourth-order valence-electron chi connectivity index (χ4n) is 4.38. The zero-order valence-corrected chi connectivity index (χ0v) is 21.1. The smallest absolute Gasteiger partial charge is 0.337 e. The number of aryl methyl sites for hydroxylation is 3. The average Bonchev–Trinajstić information content (AvgIpc) is 3.28. The summed E-state index contributed by atoms with van der Waals surface area (Å²) in [6.45, 7) is 6.33. The summed E-state index contributed by atoms with van der Waals surface area (Å²) in [6.07, 6.45) is 3.35. The summed E-state index contributed by atoms with van der Waals surface area (Å²) in [5.41, 5.74) is 6.39. The van der Waals surface area contributed by atoms with Crippen molar-refractivity contribution in [2.75, 3.05) is 13.7 Å². The van der Waals surface area contributed by atoms with Crippen LogP contribution in [0.2, 0.25) is 0 Å². The van der Waals surface area contributed by atoms with Crippen molar-refractivity contribution >= 4 is 35.0 Å². The van der Waals surface area contributed by atoms with Crippen molar-refractivity contribution in [2.45, 2.75) is 33.6 Å². The highest BCUT2D eigenvalue weighted by molar-refractivity contribution is 8.18. The summed E-state index contributed by atoms with van der Waals surface area (Å²) < 4.78 is 6.91. The predicted octanol–water partition coefficient (Wildman–Crippen LogP) is 5.86. The highest BCUT2D eigenvalue weighted by atomic mass is 32.2. The number of imide groups is 1. The molecule has 0 N–H and O–H groups in total. The number of aromatic nitrogens is 1. The van der Waals surface area contributed by atoms with E-state index in [0.717, 1.165) is 52.8 Å². The van der Waals surface area contributed by atoms with Crippen molar-refractivity contribution in [3.8, 4) is 5.69 Å². The number of benzene rings is 2. The molecule has 0 spiro atoms. The second kappa shape index (κ2) is 10.4. The molecular weight excluding hydrogens is 460 g/mol. The molecular formula is C28H28N2O4S. The van der Waals surface area contributed by atoms with E-state index in [9.17, 15) is 14.4 Å². The maximum absolute atomic E-state index is 13.0. The average molecular weight is 489 g/mol. The Morgan fingerprint density at radius 2 is 1.77 bits per heavy atom. The Kier molecular flexibility index (Phi) is 7.26.